The molecule has 1 saturated heterocycles. The van der Waals surface area contributed by atoms with Crippen LogP contribution in [0.25, 0.3) is 0 Å². The van der Waals surface area contributed by atoms with E-state index in [-0.39, 0.29) is 0 Å². The van der Waals surface area contributed by atoms with Crippen molar-refractivity contribution in [2.45, 2.75) is 25.3 Å². The summed E-state index contributed by atoms with van der Waals surface area (Å²) in [4.78, 5) is 13.7. The fourth-order valence-corrected chi connectivity index (χ4v) is 4.33. The average molecular weight is 352 g/mol. The van der Waals surface area contributed by atoms with Gasteiger partial charge in [0.2, 0.25) is 5.95 Å². The zero-order valence-corrected chi connectivity index (χ0v) is 14.9. The third kappa shape index (κ3) is 2.98. The Morgan fingerprint density at radius 3 is 2.31 bits per heavy atom. The van der Waals surface area contributed by atoms with E-state index >= 15 is 0 Å². The van der Waals surface area contributed by atoms with Gasteiger partial charge in [0.05, 0.1) is 0 Å². The Labute approximate surface area is 153 Å². The Hall–Kier alpha value is -2.34. The molecular formula is C20H24N4O2. The van der Waals surface area contributed by atoms with E-state index in [1.807, 2.05) is 18.5 Å². The van der Waals surface area contributed by atoms with Crippen molar-refractivity contribution in [1.29, 1.82) is 0 Å². The highest BCUT2D eigenvalue weighted by molar-refractivity contribution is 5.49. The predicted octanol–water partition coefficient (Wildman–Crippen LogP) is 1.93. The highest BCUT2D eigenvalue weighted by Gasteiger charge is 2.29. The van der Waals surface area contributed by atoms with Crippen molar-refractivity contribution < 1.29 is 9.47 Å². The summed E-state index contributed by atoms with van der Waals surface area (Å²) in [6, 6.07) is 6.89. The molecule has 6 nitrogen and oxygen atoms in total. The highest BCUT2D eigenvalue weighted by Crippen LogP contribution is 2.37. The summed E-state index contributed by atoms with van der Waals surface area (Å²) in [5, 5.41) is 0. The van der Waals surface area contributed by atoms with Crippen molar-refractivity contribution in [2.75, 3.05) is 44.3 Å². The molecule has 1 aromatic carbocycles. The minimum absolute atomic E-state index is 0.615. The summed E-state index contributed by atoms with van der Waals surface area (Å²) < 4.78 is 11.5. The van der Waals surface area contributed by atoms with Crippen molar-refractivity contribution >= 4 is 5.95 Å². The first-order valence-electron chi connectivity index (χ1n) is 9.54. The van der Waals surface area contributed by atoms with E-state index in [2.05, 4.69) is 31.9 Å². The number of aryl methyl sites for hydroxylation is 1. The van der Waals surface area contributed by atoms with Gasteiger partial charge in [0, 0.05) is 44.6 Å². The Balaban J connectivity index is 1.25. The maximum atomic E-state index is 5.77. The van der Waals surface area contributed by atoms with Crippen LogP contribution in [0.1, 0.15) is 17.5 Å². The molecule has 0 N–H and O–H groups in total. The van der Waals surface area contributed by atoms with Gasteiger partial charge in [0.1, 0.15) is 13.2 Å². The minimum Gasteiger partial charge on any atom is -0.486 e. The number of rotatable bonds is 2. The van der Waals surface area contributed by atoms with Crippen LogP contribution in [0.15, 0.2) is 30.6 Å². The second-order valence-corrected chi connectivity index (χ2v) is 7.23. The molecule has 3 heterocycles. The van der Waals surface area contributed by atoms with E-state index in [9.17, 15) is 0 Å². The van der Waals surface area contributed by atoms with Crippen LogP contribution in [-0.2, 0) is 12.8 Å². The fourth-order valence-electron chi connectivity index (χ4n) is 4.33. The molecule has 1 aliphatic carbocycles. The zero-order chi connectivity index (χ0) is 17.3. The SMILES string of the molecule is c1cnc(N2CCN(C3CCc4cc5c(cc4C3)OCCO5)CC2)nc1. The normalized spacial score (nSPS) is 22.8. The summed E-state index contributed by atoms with van der Waals surface area (Å²) in [5.41, 5.74) is 2.86. The van der Waals surface area contributed by atoms with Crippen LogP contribution in [0.4, 0.5) is 5.95 Å². The summed E-state index contributed by atoms with van der Waals surface area (Å²) in [6.45, 7) is 5.44. The van der Waals surface area contributed by atoms with Gasteiger partial charge in [-0.1, -0.05) is 0 Å². The van der Waals surface area contributed by atoms with Gasteiger partial charge in [0.15, 0.2) is 11.5 Å². The van der Waals surface area contributed by atoms with E-state index in [1.54, 1.807) is 0 Å². The molecular weight excluding hydrogens is 328 g/mol. The van der Waals surface area contributed by atoms with Crippen molar-refractivity contribution in [1.82, 2.24) is 14.9 Å². The second kappa shape index (κ2) is 6.76. The quantitative estimate of drug-likeness (QED) is 0.823. The number of aromatic nitrogens is 2. The average Bonchev–Trinajstić information content (AvgIpc) is 2.72. The molecule has 1 unspecified atom stereocenters. The number of anilines is 1. The monoisotopic (exact) mass is 352 g/mol. The molecule has 5 rings (SSSR count). The summed E-state index contributed by atoms with van der Waals surface area (Å²) in [7, 11) is 0. The van der Waals surface area contributed by atoms with Gasteiger partial charge in [-0.3, -0.25) is 4.90 Å². The molecule has 6 heteroatoms. The van der Waals surface area contributed by atoms with Crippen LogP contribution in [0.2, 0.25) is 0 Å². The Kier molecular flexibility index (Phi) is 4.13. The van der Waals surface area contributed by atoms with Crippen LogP contribution in [0.3, 0.4) is 0 Å². The smallest absolute Gasteiger partial charge is 0.225 e. The molecule has 0 spiro atoms. The number of hydrogen-bond donors (Lipinski definition) is 0. The number of hydrogen-bond acceptors (Lipinski definition) is 6. The molecule has 136 valence electrons. The Morgan fingerprint density at radius 2 is 1.58 bits per heavy atom. The third-order valence-electron chi connectivity index (χ3n) is 5.73. The molecule has 1 atom stereocenters. The maximum absolute atomic E-state index is 5.77. The van der Waals surface area contributed by atoms with Gasteiger partial charge in [-0.05, 0) is 48.6 Å². The molecule has 2 aromatic rings. The molecule has 1 fully saturated rings. The maximum Gasteiger partial charge on any atom is 0.225 e. The summed E-state index contributed by atoms with van der Waals surface area (Å²) >= 11 is 0. The lowest BCUT2D eigenvalue weighted by Gasteiger charge is -2.41. The van der Waals surface area contributed by atoms with Crippen molar-refractivity contribution in [3.05, 3.63) is 41.7 Å². The van der Waals surface area contributed by atoms with E-state index in [0.717, 1.165) is 56.5 Å². The molecule has 0 saturated carbocycles. The van der Waals surface area contributed by atoms with E-state index < -0.39 is 0 Å². The summed E-state index contributed by atoms with van der Waals surface area (Å²) in [5.74, 6) is 2.69. The zero-order valence-electron chi connectivity index (χ0n) is 14.9. The largest absolute Gasteiger partial charge is 0.486 e. The number of fused-ring (bicyclic) bond motifs is 2. The number of benzene rings is 1. The van der Waals surface area contributed by atoms with Crippen molar-refractivity contribution in [2.24, 2.45) is 0 Å². The van der Waals surface area contributed by atoms with Crippen LogP contribution in [-0.4, -0.2) is 60.3 Å². The van der Waals surface area contributed by atoms with Crippen LogP contribution in [0, 0.1) is 0 Å². The Morgan fingerprint density at radius 1 is 0.885 bits per heavy atom. The highest BCUT2D eigenvalue weighted by atomic mass is 16.6. The molecule has 0 amide bonds. The number of nitrogens with zero attached hydrogens (tertiary/aromatic N) is 4. The Bertz CT molecular complexity index is 775. The van der Waals surface area contributed by atoms with Gasteiger partial charge in [-0.15, -0.1) is 0 Å². The number of ether oxygens (including phenoxy) is 2. The first-order chi connectivity index (χ1) is 12.9. The van der Waals surface area contributed by atoms with Gasteiger partial charge in [0.25, 0.3) is 0 Å². The lowest BCUT2D eigenvalue weighted by Crippen LogP contribution is -2.52. The molecule has 26 heavy (non-hydrogen) atoms. The van der Waals surface area contributed by atoms with Crippen molar-refractivity contribution in [3.63, 3.8) is 0 Å². The van der Waals surface area contributed by atoms with Crippen LogP contribution >= 0.6 is 0 Å². The lowest BCUT2D eigenvalue weighted by molar-refractivity contribution is 0.163. The van der Waals surface area contributed by atoms with E-state index in [4.69, 9.17) is 9.47 Å². The van der Waals surface area contributed by atoms with E-state index in [1.165, 1.54) is 17.5 Å². The topological polar surface area (TPSA) is 50.7 Å². The molecule has 1 aromatic heterocycles. The third-order valence-corrected chi connectivity index (χ3v) is 5.73. The minimum atomic E-state index is 0.615. The van der Waals surface area contributed by atoms with E-state index in [0.29, 0.717) is 19.3 Å². The molecule has 0 bridgehead atoms. The molecule has 0 radical (unpaired) electrons. The molecule has 3 aliphatic rings. The first kappa shape index (κ1) is 15.9. The first-order valence-corrected chi connectivity index (χ1v) is 9.54. The predicted molar refractivity (Wildman–Crippen MR) is 99.1 cm³/mol. The van der Waals surface area contributed by atoms with Crippen molar-refractivity contribution in [3.8, 4) is 11.5 Å². The summed E-state index contributed by atoms with van der Waals surface area (Å²) in [6.07, 6.45) is 7.08. The van der Waals surface area contributed by atoms with Crippen LogP contribution in [0.5, 0.6) is 11.5 Å². The van der Waals surface area contributed by atoms with Gasteiger partial charge >= 0.3 is 0 Å². The number of piperazine rings is 1. The van der Waals surface area contributed by atoms with Crippen LogP contribution < -0.4 is 14.4 Å². The van der Waals surface area contributed by atoms with Gasteiger partial charge in [-0.25, -0.2) is 9.97 Å². The second-order valence-electron chi connectivity index (χ2n) is 7.23. The van der Waals surface area contributed by atoms with Gasteiger partial charge in [-0.2, -0.15) is 0 Å². The standard InChI is InChI=1S/C20H24N4O2/c1-4-21-20(22-5-1)24-8-6-23(7-9-24)17-3-2-15-13-18-19(14-16(15)12-17)26-11-10-25-18/h1,4-5,13-14,17H,2-3,6-12H2. The molecule has 2 aliphatic heterocycles. The van der Waals surface area contributed by atoms with Gasteiger partial charge < -0.3 is 14.4 Å². The lowest BCUT2D eigenvalue weighted by atomic mass is 9.86. The fraction of sp³-hybridized carbons (Fsp3) is 0.500.